The van der Waals surface area contributed by atoms with E-state index in [1.807, 2.05) is 17.5 Å². The molecule has 2 atom stereocenters. The van der Waals surface area contributed by atoms with E-state index >= 15 is 0 Å². The van der Waals surface area contributed by atoms with Gasteiger partial charge in [0.1, 0.15) is 5.92 Å². The van der Waals surface area contributed by atoms with Gasteiger partial charge in [0.15, 0.2) is 16.6 Å². The molecule has 4 rings (SSSR count). The zero-order valence-electron chi connectivity index (χ0n) is 11.7. The summed E-state index contributed by atoms with van der Waals surface area (Å²) in [7, 11) is 0. The molecule has 0 bridgehead atoms. The molecule has 0 radical (unpaired) electrons. The summed E-state index contributed by atoms with van der Waals surface area (Å²) in [5.74, 6) is 0.450. The molecule has 0 saturated heterocycles. The van der Waals surface area contributed by atoms with E-state index in [1.54, 1.807) is 6.07 Å². The third kappa shape index (κ3) is 2.59. The van der Waals surface area contributed by atoms with Gasteiger partial charge in [0.25, 0.3) is 0 Å². The zero-order valence-corrected chi connectivity index (χ0v) is 12.5. The number of hydrogen-bond donors (Lipinski definition) is 1. The van der Waals surface area contributed by atoms with Gasteiger partial charge in [-0.2, -0.15) is 0 Å². The van der Waals surface area contributed by atoms with Crippen LogP contribution in [-0.4, -0.2) is 28.6 Å². The molecule has 0 spiro atoms. The zero-order chi connectivity index (χ0) is 16.0. The first kappa shape index (κ1) is 13.9. The molecule has 1 aliphatic heterocycles. The van der Waals surface area contributed by atoms with Crippen LogP contribution in [0.15, 0.2) is 23.6 Å². The van der Waals surface area contributed by atoms with E-state index in [2.05, 4.69) is 10.3 Å². The second kappa shape index (κ2) is 5.20. The van der Waals surface area contributed by atoms with Crippen LogP contribution in [0.2, 0.25) is 0 Å². The van der Waals surface area contributed by atoms with Crippen LogP contribution in [-0.2, 0) is 4.79 Å². The summed E-state index contributed by atoms with van der Waals surface area (Å²) in [6, 6.07) is 4.73. The van der Waals surface area contributed by atoms with Gasteiger partial charge in [-0.05, 0) is 18.2 Å². The Bertz CT molecular complexity index is 805. The van der Waals surface area contributed by atoms with Gasteiger partial charge in [-0.15, -0.1) is 11.3 Å². The third-order valence-corrected chi connectivity index (χ3v) is 4.52. The quantitative estimate of drug-likeness (QED) is 0.679. The number of nitrogens with zero attached hydrogens (tertiary/aromatic N) is 2. The predicted molar refractivity (Wildman–Crippen MR) is 81.2 cm³/mol. The summed E-state index contributed by atoms with van der Waals surface area (Å²) in [4.78, 5) is 26.4. The molecule has 1 aromatic carbocycles. The minimum absolute atomic E-state index is 0.205. The first-order valence-corrected chi connectivity index (χ1v) is 7.79. The Morgan fingerprint density at radius 1 is 1.39 bits per heavy atom. The molecule has 118 valence electrons. The van der Waals surface area contributed by atoms with Gasteiger partial charge >= 0.3 is 0 Å². The number of carbonyl (C=O) groups is 1. The van der Waals surface area contributed by atoms with Crippen molar-refractivity contribution < 1.29 is 19.2 Å². The molecule has 1 amide bonds. The highest BCUT2D eigenvalue weighted by Gasteiger charge is 2.53. The third-order valence-electron chi connectivity index (χ3n) is 3.77. The Labute approximate surface area is 134 Å². The summed E-state index contributed by atoms with van der Waals surface area (Å²) < 4.78 is 10.6. The van der Waals surface area contributed by atoms with Gasteiger partial charge in [0.05, 0.1) is 5.69 Å². The van der Waals surface area contributed by atoms with Crippen LogP contribution < -0.4 is 14.8 Å². The topological polar surface area (TPSA) is 104 Å². The fourth-order valence-corrected chi connectivity index (χ4v) is 3.14. The summed E-state index contributed by atoms with van der Waals surface area (Å²) >= 11 is 1.28. The van der Waals surface area contributed by atoms with Gasteiger partial charge < -0.3 is 14.8 Å². The second-order valence-electron chi connectivity index (χ2n) is 5.29. The smallest absolute Gasteiger partial charge is 0.236 e. The highest BCUT2D eigenvalue weighted by molar-refractivity contribution is 7.14. The minimum atomic E-state index is -0.761. The number of amides is 1. The number of anilines is 1. The average Bonchev–Trinajstić information content (AvgIpc) is 2.99. The van der Waals surface area contributed by atoms with Crippen molar-refractivity contribution in [2.75, 3.05) is 12.1 Å². The standard InChI is InChI=1S/C14H11N3O5S/c18-13(8-4-10(8)17(19)20)16-14-15-9(5-23-14)7-1-2-11-12(3-7)22-6-21-11/h1-3,5,8,10H,4,6H2,(H,15,16,18)/t8-,10+/m0/s1. The van der Waals surface area contributed by atoms with Crippen molar-refractivity contribution in [2.24, 2.45) is 5.92 Å². The lowest BCUT2D eigenvalue weighted by molar-refractivity contribution is -0.497. The molecule has 2 aromatic rings. The second-order valence-corrected chi connectivity index (χ2v) is 6.15. The van der Waals surface area contributed by atoms with E-state index in [9.17, 15) is 14.9 Å². The lowest BCUT2D eigenvalue weighted by atomic mass is 10.1. The molecule has 2 aliphatic rings. The highest BCUT2D eigenvalue weighted by atomic mass is 32.1. The highest BCUT2D eigenvalue weighted by Crippen LogP contribution is 2.37. The van der Waals surface area contributed by atoms with Gasteiger partial charge in [0, 0.05) is 22.3 Å². The van der Waals surface area contributed by atoms with E-state index in [0.717, 1.165) is 5.56 Å². The van der Waals surface area contributed by atoms with Gasteiger partial charge in [-0.3, -0.25) is 14.9 Å². The lowest BCUT2D eigenvalue weighted by Crippen LogP contribution is -2.18. The largest absolute Gasteiger partial charge is 0.454 e. The Balaban J connectivity index is 1.47. The van der Waals surface area contributed by atoms with Gasteiger partial charge in [-0.1, -0.05) is 0 Å². The van der Waals surface area contributed by atoms with Crippen LogP contribution in [0.3, 0.4) is 0 Å². The number of aromatic nitrogens is 1. The first-order chi connectivity index (χ1) is 11.1. The number of fused-ring (bicyclic) bond motifs is 1. The number of ether oxygens (including phenoxy) is 2. The van der Waals surface area contributed by atoms with Crippen molar-refractivity contribution in [3.63, 3.8) is 0 Å². The maximum atomic E-state index is 11.9. The van der Waals surface area contributed by atoms with Crippen molar-refractivity contribution >= 4 is 22.4 Å². The van der Waals surface area contributed by atoms with E-state index in [4.69, 9.17) is 9.47 Å². The molecule has 0 unspecified atom stereocenters. The van der Waals surface area contributed by atoms with Crippen LogP contribution >= 0.6 is 11.3 Å². The Hall–Kier alpha value is -2.68. The molecule has 1 fully saturated rings. The van der Waals surface area contributed by atoms with Crippen LogP contribution in [0, 0.1) is 16.0 Å². The summed E-state index contributed by atoms with van der Waals surface area (Å²) in [5, 5.41) is 15.5. The number of nitro groups is 1. The molecule has 8 nitrogen and oxygen atoms in total. The number of benzene rings is 1. The number of carbonyl (C=O) groups excluding carboxylic acids is 1. The normalized spacial score (nSPS) is 21.0. The van der Waals surface area contributed by atoms with Gasteiger partial charge in [0.2, 0.25) is 18.7 Å². The maximum Gasteiger partial charge on any atom is 0.236 e. The van der Waals surface area contributed by atoms with E-state index < -0.39 is 16.9 Å². The van der Waals surface area contributed by atoms with E-state index in [1.165, 1.54) is 11.3 Å². The molecule has 1 N–H and O–H groups in total. The molecule has 1 aromatic heterocycles. The maximum absolute atomic E-state index is 11.9. The number of hydrogen-bond acceptors (Lipinski definition) is 7. The Kier molecular flexibility index (Phi) is 3.15. The van der Waals surface area contributed by atoms with Crippen molar-refractivity contribution in [1.82, 2.24) is 4.98 Å². The lowest BCUT2D eigenvalue weighted by Gasteiger charge is -2.00. The molecule has 1 aliphatic carbocycles. The van der Waals surface area contributed by atoms with Crippen molar-refractivity contribution in [3.05, 3.63) is 33.7 Å². The minimum Gasteiger partial charge on any atom is -0.454 e. The predicted octanol–water partition coefficient (Wildman–Crippen LogP) is 2.14. The fourth-order valence-electron chi connectivity index (χ4n) is 2.41. The van der Waals surface area contributed by atoms with E-state index in [-0.39, 0.29) is 12.7 Å². The van der Waals surface area contributed by atoms with Crippen LogP contribution in [0.25, 0.3) is 11.3 Å². The molecular formula is C14H11N3O5S. The van der Waals surface area contributed by atoms with Crippen LogP contribution in [0.1, 0.15) is 6.42 Å². The summed E-state index contributed by atoms with van der Waals surface area (Å²) in [6.45, 7) is 0.205. The number of rotatable bonds is 4. The SMILES string of the molecule is O=C(Nc1nc(-c2ccc3c(c2)OCO3)cs1)[C@H]1C[C@H]1[N+](=O)[O-]. The Morgan fingerprint density at radius 3 is 3.00 bits per heavy atom. The van der Waals surface area contributed by atoms with Crippen LogP contribution in [0.5, 0.6) is 11.5 Å². The monoisotopic (exact) mass is 333 g/mol. The Morgan fingerprint density at radius 2 is 2.22 bits per heavy atom. The van der Waals surface area contributed by atoms with Crippen molar-refractivity contribution in [2.45, 2.75) is 12.5 Å². The average molecular weight is 333 g/mol. The molecule has 1 saturated carbocycles. The first-order valence-electron chi connectivity index (χ1n) is 6.92. The summed E-state index contributed by atoms with van der Waals surface area (Å²) in [6.07, 6.45) is 0.291. The molecule has 2 heterocycles. The van der Waals surface area contributed by atoms with Crippen molar-refractivity contribution in [1.29, 1.82) is 0 Å². The molecular weight excluding hydrogens is 322 g/mol. The number of nitrogens with one attached hydrogen (secondary N) is 1. The van der Waals surface area contributed by atoms with Gasteiger partial charge in [-0.25, -0.2) is 4.98 Å². The van der Waals surface area contributed by atoms with E-state index in [0.29, 0.717) is 28.7 Å². The van der Waals surface area contributed by atoms with Crippen LogP contribution in [0.4, 0.5) is 5.13 Å². The molecule has 23 heavy (non-hydrogen) atoms. The number of thiazole rings is 1. The summed E-state index contributed by atoms with van der Waals surface area (Å²) in [5.41, 5.74) is 1.55. The fraction of sp³-hybridized carbons (Fsp3) is 0.286. The molecule has 9 heteroatoms. The van der Waals surface area contributed by atoms with Crippen molar-refractivity contribution in [3.8, 4) is 22.8 Å².